The Bertz CT molecular complexity index is 59.1. The summed E-state index contributed by atoms with van der Waals surface area (Å²) in [5.41, 5.74) is 0. The van der Waals surface area contributed by atoms with Gasteiger partial charge in [-0.25, -0.2) is 0 Å². The smallest absolute Gasteiger partial charge is 0.811 e. The molecule has 0 spiro atoms. The van der Waals surface area contributed by atoms with E-state index in [2.05, 4.69) is 6.66 Å². The van der Waals surface area contributed by atoms with Gasteiger partial charge in [-0.2, -0.15) is 0 Å². The third-order valence-electron chi connectivity index (χ3n) is 0. The van der Waals surface area contributed by atoms with E-state index in [0.717, 1.165) is 0 Å². The molecule has 7 heavy (non-hydrogen) atoms. The molecule has 0 aromatic rings. The second-order valence-electron chi connectivity index (χ2n) is 0.611. The number of hydrogen-bond acceptors (Lipinski definition) is 3. The van der Waals surface area contributed by atoms with Gasteiger partial charge in [-0.15, -0.1) is 0 Å². The predicted molar refractivity (Wildman–Crippen MR) is 13.0 cm³/mol. The summed E-state index contributed by atoms with van der Waals surface area (Å²) < 4.78 is 8.99. The van der Waals surface area contributed by atoms with Crippen molar-refractivity contribution < 1.29 is 73.5 Å². The van der Waals surface area contributed by atoms with E-state index in [1.807, 2.05) is 0 Å². The third-order valence-corrected chi connectivity index (χ3v) is 0. The van der Waals surface area contributed by atoms with Crippen molar-refractivity contribution in [3.8, 4) is 0 Å². The first-order chi connectivity index (χ1) is 2.00. The molecule has 0 fully saturated rings. The number of rotatable bonds is 0. The molecule has 0 aliphatic heterocycles. The minimum Gasteiger partial charge on any atom is -0.811 e. The maximum atomic E-state index is 8.99. The molecular weight excluding hydrogens is 137 g/mol. The van der Waals surface area contributed by atoms with Crippen molar-refractivity contribution >= 4 is 7.60 Å². The summed E-state index contributed by atoms with van der Waals surface area (Å²) in [6.07, 6.45) is 0. The molecule has 0 aliphatic carbocycles. The Kier molecular flexibility index (Phi) is 14.4. The first kappa shape index (κ1) is 16.1. The van der Waals surface area contributed by atoms with Gasteiger partial charge in [0.1, 0.15) is 0 Å². The van der Waals surface area contributed by atoms with Gasteiger partial charge < -0.3 is 14.4 Å². The fourth-order valence-corrected chi connectivity index (χ4v) is 0. The van der Waals surface area contributed by atoms with E-state index in [0.29, 0.717) is 0 Å². The monoisotopic (exact) mass is 139 g/mol. The van der Waals surface area contributed by atoms with E-state index in [1.165, 1.54) is 0 Å². The second kappa shape index (κ2) is 6.27. The number of hydrogen-bond donors (Lipinski definition) is 0. The van der Waals surface area contributed by atoms with Gasteiger partial charge in [0.15, 0.2) is 0 Å². The molecule has 0 heterocycles. The van der Waals surface area contributed by atoms with E-state index in [1.54, 1.807) is 0 Å². The minimum absolute atomic E-state index is 0. The standard InChI is InChI=1S/CH4O3P.2Na/c1-5(2,3)4;;/h1H2,(H2,2,3,4);;/q;2*+1/p-2. The van der Waals surface area contributed by atoms with Crippen LogP contribution in [0.4, 0.5) is 0 Å². The molecule has 0 aliphatic rings. The second-order valence-corrected chi connectivity index (χ2v) is 1.83. The topological polar surface area (TPSA) is 63.2 Å². The van der Waals surface area contributed by atoms with Crippen LogP contribution in [0, 0.1) is 6.66 Å². The first-order valence-electron chi connectivity index (χ1n) is 0.864. The van der Waals surface area contributed by atoms with Gasteiger partial charge in [-0.1, -0.05) is 7.60 Å². The Labute approximate surface area is 86.6 Å². The molecule has 0 unspecified atom stereocenters. The van der Waals surface area contributed by atoms with Crippen LogP contribution in [0.2, 0.25) is 0 Å². The molecule has 0 atom stereocenters. The van der Waals surface area contributed by atoms with E-state index in [4.69, 9.17) is 14.4 Å². The van der Waals surface area contributed by atoms with E-state index >= 15 is 0 Å². The van der Waals surface area contributed by atoms with Gasteiger partial charge in [-0.3, -0.25) is 0 Å². The predicted octanol–water partition coefficient (Wildman–Crippen LogP) is -7.30. The van der Waals surface area contributed by atoms with Gasteiger partial charge in [0.2, 0.25) is 0 Å². The largest absolute Gasteiger partial charge is 1.00 e. The molecule has 0 saturated carbocycles. The van der Waals surface area contributed by atoms with E-state index in [9.17, 15) is 0 Å². The van der Waals surface area contributed by atoms with Crippen LogP contribution in [-0.4, -0.2) is 0 Å². The zero-order chi connectivity index (χ0) is 4.50. The molecule has 0 aromatic heterocycles. The van der Waals surface area contributed by atoms with Crippen molar-refractivity contribution in [1.82, 2.24) is 0 Å². The van der Waals surface area contributed by atoms with Gasteiger partial charge in [-0.05, 0) is 6.66 Å². The fraction of sp³-hybridized carbons (Fsp3) is 0. The van der Waals surface area contributed by atoms with Crippen LogP contribution in [0.3, 0.4) is 0 Å². The van der Waals surface area contributed by atoms with Crippen LogP contribution >= 0.6 is 7.60 Å². The molecular formula is CH2Na2O3P. The van der Waals surface area contributed by atoms with Crippen molar-refractivity contribution in [3.05, 3.63) is 6.66 Å². The van der Waals surface area contributed by atoms with Crippen LogP contribution in [0.5, 0.6) is 0 Å². The molecule has 31 valence electrons. The SMILES string of the molecule is [CH2]P(=O)([O-])[O-].[Na+].[Na+]. The van der Waals surface area contributed by atoms with Gasteiger partial charge in [0.25, 0.3) is 0 Å². The summed E-state index contributed by atoms with van der Waals surface area (Å²) in [5.74, 6) is 0. The minimum atomic E-state index is -4.39. The Balaban J connectivity index is -0.0000000800. The van der Waals surface area contributed by atoms with Crippen molar-refractivity contribution in [2.24, 2.45) is 0 Å². The van der Waals surface area contributed by atoms with E-state index in [-0.39, 0.29) is 59.1 Å². The Morgan fingerprint density at radius 2 is 1.29 bits per heavy atom. The summed E-state index contributed by atoms with van der Waals surface area (Å²) in [6.45, 7) is 2.22. The van der Waals surface area contributed by atoms with Crippen LogP contribution in [0.1, 0.15) is 0 Å². The Hall–Kier alpha value is 2.15. The molecule has 0 bridgehead atoms. The maximum absolute atomic E-state index is 8.99. The zero-order valence-corrected chi connectivity index (χ0v) is 9.27. The van der Waals surface area contributed by atoms with Crippen molar-refractivity contribution in [2.45, 2.75) is 0 Å². The average Bonchev–Trinajstić information content (AvgIpc) is 0.722. The van der Waals surface area contributed by atoms with Crippen molar-refractivity contribution in [1.29, 1.82) is 0 Å². The molecule has 0 rings (SSSR count). The summed E-state index contributed by atoms with van der Waals surface area (Å²) >= 11 is 0. The first-order valence-corrected chi connectivity index (χ1v) is 2.59. The Morgan fingerprint density at radius 1 is 1.29 bits per heavy atom. The summed E-state index contributed by atoms with van der Waals surface area (Å²) in [5, 5.41) is 0. The normalized spacial score (nSPS) is 8.43. The zero-order valence-electron chi connectivity index (χ0n) is 4.38. The van der Waals surface area contributed by atoms with Crippen LogP contribution < -0.4 is 68.9 Å². The summed E-state index contributed by atoms with van der Waals surface area (Å²) in [7, 11) is -4.39. The van der Waals surface area contributed by atoms with Gasteiger partial charge >= 0.3 is 59.1 Å². The molecule has 0 aromatic carbocycles. The maximum Gasteiger partial charge on any atom is 1.00 e. The summed E-state index contributed by atoms with van der Waals surface area (Å²) in [6, 6.07) is 0. The summed E-state index contributed by atoms with van der Waals surface area (Å²) in [4.78, 5) is 18.0. The van der Waals surface area contributed by atoms with Crippen molar-refractivity contribution in [3.63, 3.8) is 0 Å². The van der Waals surface area contributed by atoms with Crippen LogP contribution in [0.15, 0.2) is 0 Å². The Morgan fingerprint density at radius 3 is 1.29 bits per heavy atom. The fourth-order valence-electron chi connectivity index (χ4n) is 0. The molecule has 1 radical (unpaired) electrons. The van der Waals surface area contributed by atoms with Gasteiger partial charge in [0.05, 0.1) is 0 Å². The molecule has 6 heteroatoms. The average molecular weight is 139 g/mol. The molecule has 0 amide bonds. The molecule has 0 N–H and O–H groups in total. The van der Waals surface area contributed by atoms with E-state index < -0.39 is 7.60 Å². The van der Waals surface area contributed by atoms with Crippen LogP contribution in [-0.2, 0) is 4.57 Å². The van der Waals surface area contributed by atoms with Gasteiger partial charge in [0, 0.05) is 0 Å². The molecule has 0 saturated heterocycles. The van der Waals surface area contributed by atoms with Crippen LogP contribution in [0.25, 0.3) is 0 Å². The molecule has 3 nitrogen and oxygen atoms in total. The van der Waals surface area contributed by atoms with Crippen molar-refractivity contribution in [2.75, 3.05) is 0 Å². The quantitative estimate of drug-likeness (QED) is 0.247. The third kappa shape index (κ3) is 66.7.